The van der Waals surface area contributed by atoms with E-state index in [2.05, 4.69) is 29.5 Å². The molecular formula is C19H22N4O3. The number of amides is 2. The normalized spacial score (nSPS) is 11.0. The molecule has 2 N–H and O–H groups in total. The van der Waals surface area contributed by atoms with Gasteiger partial charge < -0.3 is 15.1 Å². The van der Waals surface area contributed by atoms with Crippen LogP contribution in [0.2, 0.25) is 0 Å². The van der Waals surface area contributed by atoms with Crippen molar-refractivity contribution < 1.29 is 14.0 Å². The Hall–Kier alpha value is -3.09. The molecule has 0 aromatic carbocycles. The minimum atomic E-state index is -0.371. The maximum atomic E-state index is 12.5. The number of hydrogen-bond donors (Lipinski definition) is 2. The van der Waals surface area contributed by atoms with Gasteiger partial charge in [-0.05, 0) is 36.6 Å². The van der Waals surface area contributed by atoms with Gasteiger partial charge in [0.05, 0.1) is 18.3 Å². The van der Waals surface area contributed by atoms with Crippen LogP contribution >= 0.6 is 0 Å². The van der Waals surface area contributed by atoms with Crippen molar-refractivity contribution in [2.75, 3.05) is 6.54 Å². The minimum Gasteiger partial charge on any atom is -0.467 e. The Balaban J connectivity index is 1.80. The summed E-state index contributed by atoms with van der Waals surface area (Å²) in [6, 6.07) is 8.90. The van der Waals surface area contributed by atoms with Crippen LogP contribution in [0, 0.1) is 5.92 Å². The molecule has 3 aromatic rings. The number of fused-ring (bicyclic) bond motifs is 1. The van der Waals surface area contributed by atoms with Crippen LogP contribution in [-0.4, -0.2) is 27.7 Å². The monoisotopic (exact) mass is 354 g/mol. The lowest BCUT2D eigenvalue weighted by molar-refractivity contribution is 0.0937. The fourth-order valence-corrected chi connectivity index (χ4v) is 2.58. The van der Waals surface area contributed by atoms with Crippen molar-refractivity contribution in [2.24, 2.45) is 5.92 Å². The van der Waals surface area contributed by atoms with Gasteiger partial charge in [0.1, 0.15) is 5.76 Å². The summed E-state index contributed by atoms with van der Waals surface area (Å²) in [5.74, 6) is 0.660. The number of carbonyl (C=O) groups is 2. The lowest BCUT2D eigenvalue weighted by atomic mass is 10.1. The SMILES string of the molecule is CC(C)CCNC(=O)c1nc(C(=O)NCc2ccco2)n2ccccc12. The summed E-state index contributed by atoms with van der Waals surface area (Å²) < 4.78 is 6.83. The Morgan fingerprint density at radius 2 is 2.00 bits per heavy atom. The summed E-state index contributed by atoms with van der Waals surface area (Å²) in [6.45, 7) is 5.02. The number of carbonyl (C=O) groups excluding carboxylic acids is 2. The Morgan fingerprint density at radius 3 is 2.73 bits per heavy atom. The van der Waals surface area contributed by atoms with Gasteiger partial charge in [-0.3, -0.25) is 14.0 Å². The number of pyridine rings is 1. The van der Waals surface area contributed by atoms with Crippen molar-refractivity contribution in [3.8, 4) is 0 Å². The first-order valence-corrected chi connectivity index (χ1v) is 8.62. The summed E-state index contributed by atoms with van der Waals surface area (Å²) in [4.78, 5) is 29.3. The van der Waals surface area contributed by atoms with E-state index < -0.39 is 0 Å². The molecule has 0 spiro atoms. The first kappa shape index (κ1) is 17.7. The van der Waals surface area contributed by atoms with Crippen molar-refractivity contribution in [2.45, 2.75) is 26.8 Å². The molecular weight excluding hydrogens is 332 g/mol. The van der Waals surface area contributed by atoms with Gasteiger partial charge in [0, 0.05) is 12.7 Å². The van der Waals surface area contributed by atoms with Crippen molar-refractivity contribution >= 4 is 17.3 Å². The van der Waals surface area contributed by atoms with Gasteiger partial charge in [0.2, 0.25) is 5.82 Å². The number of hydrogen-bond acceptors (Lipinski definition) is 4. The third-order valence-corrected chi connectivity index (χ3v) is 3.98. The zero-order valence-electron chi connectivity index (χ0n) is 14.9. The Kier molecular flexibility index (Phi) is 5.36. The number of imidazole rings is 1. The largest absolute Gasteiger partial charge is 0.467 e. The molecule has 3 aromatic heterocycles. The van der Waals surface area contributed by atoms with Crippen LogP contribution in [-0.2, 0) is 6.54 Å². The fourth-order valence-electron chi connectivity index (χ4n) is 2.58. The van der Waals surface area contributed by atoms with E-state index in [9.17, 15) is 9.59 Å². The Morgan fingerprint density at radius 1 is 1.15 bits per heavy atom. The molecule has 0 saturated carbocycles. The van der Waals surface area contributed by atoms with Crippen molar-refractivity contribution in [3.05, 3.63) is 60.1 Å². The van der Waals surface area contributed by atoms with E-state index in [1.54, 1.807) is 41.1 Å². The molecule has 0 saturated heterocycles. The van der Waals surface area contributed by atoms with Crippen LogP contribution in [0.1, 0.15) is 47.1 Å². The second-order valence-electron chi connectivity index (χ2n) is 6.44. The minimum absolute atomic E-state index is 0.168. The molecule has 7 heteroatoms. The zero-order valence-corrected chi connectivity index (χ0v) is 14.9. The van der Waals surface area contributed by atoms with Gasteiger partial charge in [-0.1, -0.05) is 19.9 Å². The van der Waals surface area contributed by atoms with Crippen LogP contribution < -0.4 is 10.6 Å². The lowest BCUT2D eigenvalue weighted by Gasteiger charge is -2.05. The predicted molar refractivity (Wildman–Crippen MR) is 96.9 cm³/mol. The molecule has 0 radical (unpaired) electrons. The van der Waals surface area contributed by atoms with Gasteiger partial charge in [-0.15, -0.1) is 0 Å². The highest BCUT2D eigenvalue weighted by Gasteiger charge is 2.21. The van der Waals surface area contributed by atoms with Gasteiger partial charge in [0.25, 0.3) is 11.8 Å². The van der Waals surface area contributed by atoms with Gasteiger partial charge >= 0.3 is 0 Å². The van der Waals surface area contributed by atoms with Gasteiger partial charge in [-0.25, -0.2) is 4.98 Å². The third kappa shape index (κ3) is 3.93. The van der Waals surface area contributed by atoms with E-state index in [1.165, 1.54) is 0 Å². The lowest BCUT2D eigenvalue weighted by Crippen LogP contribution is -2.26. The maximum absolute atomic E-state index is 12.5. The maximum Gasteiger partial charge on any atom is 0.288 e. The number of rotatable bonds is 7. The molecule has 136 valence electrons. The molecule has 0 atom stereocenters. The van der Waals surface area contributed by atoms with Crippen molar-refractivity contribution in [1.29, 1.82) is 0 Å². The van der Waals surface area contributed by atoms with E-state index in [0.717, 1.165) is 6.42 Å². The standard InChI is InChI=1S/C19H22N4O3/c1-13(2)8-9-20-18(24)16-15-7-3-4-10-23(15)17(22-16)19(25)21-12-14-6-5-11-26-14/h3-7,10-11,13H,8-9,12H2,1-2H3,(H,20,24)(H,21,25). The molecule has 0 aliphatic heterocycles. The van der Waals surface area contributed by atoms with Gasteiger partial charge in [-0.2, -0.15) is 0 Å². The number of nitrogens with zero attached hydrogens (tertiary/aromatic N) is 2. The summed E-state index contributed by atoms with van der Waals surface area (Å²) in [5, 5.41) is 5.62. The third-order valence-electron chi connectivity index (χ3n) is 3.98. The molecule has 0 aliphatic rings. The second-order valence-corrected chi connectivity index (χ2v) is 6.44. The zero-order chi connectivity index (χ0) is 18.5. The van der Waals surface area contributed by atoms with Crippen LogP contribution in [0.4, 0.5) is 0 Å². The molecule has 7 nitrogen and oxygen atoms in total. The average Bonchev–Trinajstić information content (AvgIpc) is 3.27. The van der Waals surface area contributed by atoms with Crippen molar-refractivity contribution in [3.63, 3.8) is 0 Å². The summed E-state index contributed by atoms with van der Waals surface area (Å²) in [5.41, 5.74) is 0.843. The van der Waals surface area contributed by atoms with Crippen LogP contribution in [0.5, 0.6) is 0 Å². The van der Waals surface area contributed by atoms with Crippen molar-refractivity contribution in [1.82, 2.24) is 20.0 Å². The highest BCUT2D eigenvalue weighted by Crippen LogP contribution is 2.14. The molecule has 2 amide bonds. The topological polar surface area (TPSA) is 88.6 Å². The quantitative estimate of drug-likeness (QED) is 0.683. The van der Waals surface area contributed by atoms with Crippen LogP contribution in [0.25, 0.3) is 5.52 Å². The molecule has 0 bridgehead atoms. The second kappa shape index (κ2) is 7.86. The van der Waals surface area contributed by atoms with Gasteiger partial charge in [0.15, 0.2) is 5.69 Å². The fraction of sp³-hybridized carbons (Fsp3) is 0.316. The van der Waals surface area contributed by atoms with E-state index in [1.807, 2.05) is 6.07 Å². The highest BCUT2D eigenvalue weighted by molar-refractivity contribution is 6.02. The molecule has 0 aliphatic carbocycles. The first-order valence-electron chi connectivity index (χ1n) is 8.62. The summed E-state index contributed by atoms with van der Waals surface area (Å²) >= 11 is 0. The molecule has 26 heavy (non-hydrogen) atoms. The summed E-state index contributed by atoms with van der Waals surface area (Å²) in [7, 11) is 0. The predicted octanol–water partition coefficient (Wildman–Crippen LogP) is 2.63. The number of nitrogens with one attached hydrogen (secondary N) is 2. The average molecular weight is 354 g/mol. The Bertz CT molecular complexity index is 897. The molecule has 3 rings (SSSR count). The van der Waals surface area contributed by atoms with E-state index in [4.69, 9.17) is 4.42 Å². The molecule has 0 unspecified atom stereocenters. The highest BCUT2D eigenvalue weighted by atomic mass is 16.3. The first-order chi connectivity index (χ1) is 12.6. The van der Waals surface area contributed by atoms with E-state index >= 15 is 0 Å². The molecule has 3 heterocycles. The molecule has 0 fully saturated rings. The Labute approximate surface area is 151 Å². The smallest absolute Gasteiger partial charge is 0.288 e. The number of aromatic nitrogens is 2. The number of furan rings is 1. The van der Waals surface area contributed by atoms with Crippen LogP contribution in [0.3, 0.4) is 0 Å². The summed E-state index contributed by atoms with van der Waals surface area (Å²) in [6.07, 6.45) is 4.15. The van der Waals surface area contributed by atoms with E-state index in [-0.39, 0.29) is 29.9 Å². The van der Waals surface area contributed by atoms with Crippen LogP contribution in [0.15, 0.2) is 47.2 Å². The van der Waals surface area contributed by atoms with E-state index in [0.29, 0.717) is 23.7 Å².